The molecule has 1 aromatic carbocycles. The molecule has 3 aromatic rings. The first-order valence-electron chi connectivity index (χ1n) is 9.63. The molecule has 0 amide bonds. The van der Waals surface area contributed by atoms with Gasteiger partial charge in [0.25, 0.3) is 0 Å². The number of rotatable bonds is 7. The summed E-state index contributed by atoms with van der Waals surface area (Å²) in [6, 6.07) is 13.3. The van der Waals surface area contributed by atoms with Crippen LogP contribution < -0.4 is 0 Å². The fraction of sp³-hybridized carbons (Fsp3) is 0.348. The van der Waals surface area contributed by atoms with E-state index in [9.17, 15) is 4.79 Å². The fourth-order valence-corrected chi connectivity index (χ4v) is 3.23. The van der Waals surface area contributed by atoms with E-state index in [0.29, 0.717) is 11.6 Å². The zero-order valence-corrected chi connectivity index (χ0v) is 16.9. The molecule has 0 bridgehead atoms. The third-order valence-electron chi connectivity index (χ3n) is 4.77. The van der Waals surface area contributed by atoms with Crippen LogP contribution >= 0.6 is 0 Å². The average Bonchev–Trinajstić information content (AvgIpc) is 3.07. The Morgan fingerprint density at radius 3 is 2.46 bits per heavy atom. The Morgan fingerprint density at radius 2 is 1.86 bits per heavy atom. The van der Waals surface area contributed by atoms with Crippen LogP contribution in [0.4, 0.5) is 0 Å². The first-order chi connectivity index (χ1) is 13.4. The minimum atomic E-state index is -0.408. The molecule has 0 aliphatic rings. The molecule has 0 saturated heterocycles. The number of ether oxygens (including phenoxy) is 1. The summed E-state index contributed by atoms with van der Waals surface area (Å²) in [4.78, 5) is 21.2. The molecule has 2 heterocycles. The lowest BCUT2D eigenvalue weighted by molar-refractivity contribution is 0.0465. The Morgan fingerprint density at radius 1 is 1.11 bits per heavy atom. The number of hydrogen-bond donors (Lipinski definition) is 0. The van der Waals surface area contributed by atoms with Gasteiger partial charge >= 0.3 is 5.97 Å². The van der Waals surface area contributed by atoms with Gasteiger partial charge in [0.15, 0.2) is 0 Å². The number of aromatic nitrogens is 3. The van der Waals surface area contributed by atoms with Crippen molar-refractivity contribution >= 4 is 5.97 Å². The normalized spacial score (nSPS) is 12.2. The van der Waals surface area contributed by atoms with Crippen molar-refractivity contribution in [3.05, 3.63) is 83.2 Å². The van der Waals surface area contributed by atoms with Gasteiger partial charge in [0.1, 0.15) is 18.1 Å². The lowest BCUT2D eigenvalue weighted by atomic mass is 9.98. The molecule has 2 aromatic heterocycles. The molecule has 0 aliphatic heterocycles. The van der Waals surface area contributed by atoms with Crippen LogP contribution in [0.25, 0.3) is 0 Å². The van der Waals surface area contributed by atoms with E-state index >= 15 is 0 Å². The first-order valence-corrected chi connectivity index (χ1v) is 9.63. The number of esters is 1. The molecule has 0 fully saturated rings. The second kappa shape index (κ2) is 8.83. The maximum atomic E-state index is 12.2. The van der Waals surface area contributed by atoms with Gasteiger partial charge in [-0.1, -0.05) is 57.2 Å². The number of aryl methyl sites for hydroxylation is 1. The number of benzene rings is 1. The SMILES string of the molecule is CC(C)c1nc(CC(C)c2ccc(C(=O)OCc3ccccc3)nc2)cn1C. The smallest absolute Gasteiger partial charge is 0.357 e. The Labute approximate surface area is 166 Å². The number of pyridine rings is 1. The summed E-state index contributed by atoms with van der Waals surface area (Å²) in [5, 5.41) is 0. The topological polar surface area (TPSA) is 57.0 Å². The largest absolute Gasteiger partial charge is 0.456 e. The number of nitrogens with zero attached hydrogens (tertiary/aromatic N) is 3. The molecule has 3 rings (SSSR count). The summed E-state index contributed by atoms with van der Waals surface area (Å²) >= 11 is 0. The van der Waals surface area contributed by atoms with Crippen LogP contribution in [0, 0.1) is 0 Å². The third kappa shape index (κ3) is 4.85. The summed E-state index contributed by atoms with van der Waals surface area (Å²) in [5.41, 5.74) is 3.44. The maximum Gasteiger partial charge on any atom is 0.357 e. The van der Waals surface area contributed by atoms with E-state index < -0.39 is 5.97 Å². The molecule has 146 valence electrons. The molecule has 0 N–H and O–H groups in total. The molecule has 28 heavy (non-hydrogen) atoms. The standard InChI is InChI=1S/C23H27N3O2/c1-16(2)22-25-20(14-26(22)4)12-17(3)19-10-11-21(24-13-19)23(27)28-15-18-8-6-5-7-9-18/h5-11,13-14,16-17H,12,15H2,1-4H3. The zero-order valence-electron chi connectivity index (χ0n) is 16.9. The third-order valence-corrected chi connectivity index (χ3v) is 4.77. The van der Waals surface area contributed by atoms with Crippen molar-refractivity contribution in [3.8, 4) is 0 Å². The second-order valence-corrected chi connectivity index (χ2v) is 7.50. The van der Waals surface area contributed by atoms with Gasteiger partial charge in [-0.25, -0.2) is 14.8 Å². The number of hydrogen-bond acceptors (Lipinski definition) is 4. The van der Waals surface area contributed by atoms with Crippen molar-refractivity contribution in [1.82, 2.24) is 14.5 Å². The van der Waals surface area contributed by atoms with E-state index in [1.807, 2.05) is 43.4 Å². The molecule has 5 heteroatoms. The van der Waals surface area contributed by atoms with Crippen LogP contribution in [0.1, 0.15) is 65.7 Å². The molecule has 0 spiro atoms. The summed E-state index contributed by atoms with van der Waals surface area (Å²) in [6.07, 6.45) is 4.69. The monoisotopic (exact) mass is 377 g/mol. The maximum absolute atomic E-state index is 12.2. The highest BCUT2D eigenvalue weighted by atomic mass is 16.5. The van der Waals surface area contributed by atoms with Crippen molar-refractivity contribution < 1.29 is 9.53 Å². The Kier molecular flexibility index (Phi) is 6.24. The Hall–Kier alpha value is -2.95. The molecule has 1 atom stereocenters. The van der Waals surface area contributed by atoms with Crippen LogP contribution in [0.5, 0.6) is 0 Å². The predicted octanol–water partition coefficient (Wildman–Crippen LogP) is 4.64. The van der Waals surface area contributed by atoms with E-state index in [-0.39, 0.29) is 12.5 Å². The van der Waals surface area contributed by atoms with Crippen molar-refractivity contribution in [2.75, 3.05) is 0 Å². The van der Waals surface area contributed by atoms with Crippen LogP contribution in [0.2, 0.25) is 0 Å². The van der Waals surface area contributed by atoms with Gasteiger partial charge in [0.2, 0.25) is 0 Å². The van der Waals surface area contributed by atoms with Gasteiger partial charge < -0.3 is 9.30 Å². The van der Waals surface area contributed by atoms with E-state index in [2.05, 4.69) is 36.5 Å². The van der Waals surface area contributed by atoms with Crippen LogP contribution in [-0.2, 0) is 24.8 Å². The minimum Gasteiger partial charge on any atom is -0.456 e. The summed E-state index contributed by atoms with van der Waals surface area (Å²) in [6.45, 7) is 6.69. The highest BCUT2D eigenvalue weighted by Gasteiger charge is 2.15. The van der Waals surface area contributed by atoms with Crippen LogP contribution in [-0.4, -0.2) is 20.5 Å². The molecule has 0 saturated carbocycles. The number of carbonyl (C=O) groups is 1. The first kappa shape index (κ1) is 19.8. The van der Waals surface area contributed by atoms with Gasteiger partial charge in [0, 0.05) is 25.4 Å². The highest BCUT2D eigenvalue weighted by molar-refractivity contribution is 5.87. The van der Waals surface area contributed by atoms with Gasteiger partial charge in [-0.2, -0.15) is 0 Å². The zero-order chi connectivity index (χ0) is 20.1. The quantitative estimate of drug-likeness (QED) is 0.563. The molecule has 1 unspecified atom stereocenters. The molecular formula is C23H27N3O2. The lowest BCUT2D eigenvalue weighted by Gasteiger charge is -2.10. The van der Waals surface area contributed by atoms with E-state index in [0.717, 1.165) is 29.1 Å². The summed E-state index contributed by atoms with van der Waals surface area (Å²) in [7, 11) is 2.04. The van der Waals surface area contributed by atoms with Crippen LogP contribution in [0.15, 0.2) is 54.9 Å². The van der Waals surface area contributed by atoms with Crippen molar-refractivity contribution in [3.63, 3.8) is 0 Å². The second-order valence-electron chi connectivity index (χ2n) is 7.50. The molecular weight excluding hydrogens is 350 g/mol. The van der Waals surface area contributed by atoms with Gasteiger partial charge in [-0.15, -0.1) is 0 Å². The van der Waals surface area contributed by atoms with Crippen molar-refractivity contribution in [1.29, 1.82) is 0 Å². The van der Waals surface area contributed by atoms with Crippen LogP contribution in [0.3, 0.4) is 0 Å². The summed E-state index contributed by atoms with van der Waals surface area (Å²) < 4.78 is 7.43. The fourth-order valence-electron chi connectivity index (χ4n) is 3.23. The highest BCUT2D eigenvalue weighted by Crippen LogP contribution is 2.21. The van der Waals surface area contributed by atoms with E-state index in [4.69, 9.17) is 9.72 Å². The predicted molar refractivity (Wildman–Crippen MR) is 109 cm³/mol. The average molecular weight is 377 g/mol. The Bertz CT molecular complexity index is 915. The van der Waals surface area contributed by atoms with E-state index in [1.54, 1.807) is 12.3 Å². The van der Waals surface area contributed by atoms with Gasteiger partial charge in [0.05, 0.1) is 5.69 Å². The van der Waals surface area contributed by atoms with Crippen molar-refractivity contribution in [2.24, 2.45) is 7.05 Å². The van der Waals surface area contributed by atoms with E-state index in [1.165, 1.54) is 0 Å². The molecule has 5 nitrogen and oxygen atoms in total. The summed E-state index contributed by atoms with van der Waals surface area (Å²) in [5.74, 6) is 1.35. The molecule has 0 aliphatic carbocycles. The molecule has 0 radical (unpaired) electrons. The number of carbonyl (C=O) groups excluding carboxylic acids is 1. The lowest BCUT2D eigenvalue weighted by Crippen LogP contribution is -2.08. The minimum absolute atomic E-state index is 0.247. The van der Waals surface area contributed by atoms with Crippen molar-refractivity contribution in [2.45, 2.75) is 45.6 Å². The number of imidazole rings is 1. The Balaban J connectivity index is 1.60. The van der Waals surface area contributed by atoms with Gasteiger partial charge in [-0.05, 0) is 29.5 Å². The van der Waals surface area contributed by atoms with Gasteiger partial charge in [-0.3, -0.25) is 0 Å².